The van der Waals surface area contributed by atoms with Crippen molar-refractivity contribution in [3.8, 4) is 5.75 Å². The zero-order chi connectivity index (χ0) is 20.8. The van der Waals surface area contributed by atoms with Crippen LogP contribution >= 0.6 is 0 Å². The van der Waals surface area contributed by atoms with Crippen LogP contribution in [0.2, 0.25) is 0 Å². The third-order valence-corrected chi connectivity index (χ3v) is 6.42. The van der Waals surface area contributed by atoms with E-state index in [1.54, 1.807) is 0 Å². The lowest BCUT2D eigenvalue weighted by atomic mass is 10.0. The summed E-state index contributed by atoms with van der Waals surface area (Å²) < 4.78 is 13.8. The summed E-state index contributed by atoms with van der Waals surface area (Å²) in [5, 5.41) is 5.66. The standard InChI is InChI=1S/C23H28N4O3/c1-4-29-19-7-5-6-17-16-8-10-26(14-20(16)30-22(17)19)12-13-27-11-9-18-21(23(27)28)15(2)25(3)24-18/h5-7H,4,8-14H2,1-3H3. The van der Waals surface area contributed by atoms with Crippen LogP contribution in [-0.2, 0) is 26.4 Å². The lowest BCUT2D eigenvalue weighted by Gasteiger charge is -2.31. The van der Waals surface area contributed by atoms with Crippen molar-refractivity contribution < 1.29 is 13.9 Å². The van der Waals surface area contributed by atoms with E-state index < -0.39 is 0 Å². The molecule has 1 aromatic carbocycles. The minimum atomic E-state index is 0.115. The maximum absolute atomic E-state index is 13.0. The Morgan fingerprint density at radius 2 is 2.07 bits per heavy atom. The molecular weight excluding hydrogens is 380 g/mol. The highest BCUT2D eigenvalue weighted by Crippen LogP contribution is 2.35. The van der Waals surface area contributed by atoms with Gasteiger partial charge >= 0.3 is 0 Å². The van der Waals surface area contributed by atoms with Crippen molar-refractivity contribution in [3.63, 3.8) is 0 Å². The average Bonchev–Trinajstić information content (AvgIpc) is 3.25. The minimum Gasteiger partial charge on any atom is -0.490 e. The number of hydrogen-bond donors (Lipinski definition) is 0. The first-order chi connectivity index (χ1) is 14.6. The van der Waals surface area contributed by atoms with Crippen molar-refractivity contribution in [1.82, 2.24) is 19.6 Å². The SMILES string of the molecule is CCOc1cccc2c3c(oc12)CN(CCN1CCc2nn(C)c(C)c2C1=O)CC3. The number of carbonyl (C=O) groups excluding carboxylic acids is 1. The average molecular weight is 409 g/mol. The van der Waals surface area contributed by atoms with Crippen LogP contribution in [0.5, 0.6) is 5.75 Å². The van der Waals surface area contributed by atoms with Gasteiger partial charge in [0, 0.05) is 56.3 Å². The number of furan rings is 1. The van der Waals surface area contributed by atoms with E-state index in [0.29, 0.717) is 6.61 Å². The van der Waals surface area contributed by atoms with E-state index in [0.717, 1.165) is 79.6 Å². The fraction of sp³-hybridized carbons (Fsp3) is 0.478. The van der Waals surface area contributed by atoms with Gasteiger partial charge in [0.15, 0.2) is 11.3 Å². The summed E-state index contributed by atoms with van der Waals surface area (Å²) in [4.78, 5) is 17.3. The van der Waals surface area contributed by atoms with E-state index in [2.05, 4.69) is 16.1 Å². The summed E-state index contributed by atoms with van der Waals surface area (Å²) in [6.45, 7) is 8.64. The van der Waals surface area contributed by atoms with Gasteiger partial charge in [-0.3, -0.25) is 14.4 Å². The molecule has 2 aliphatic heterocycles. The summed E-state index contributed by atoms with van der Waals surface area (Å²) in [5.41, 5.74) is 4.84. The number of hydrogen-bond acceptors (Lipinski definition) is 5. The number of amides is 1. The molecule has 5 rings (SSSR count). The summed E-state index contributed by atoms with van der Waals surface area (Å²) in [6, 6.07) is 6.12. The smallest absolute Gasteiger partial charge is 0.257 e. The molecule has 30 heavy (non-hydrogen) atoms. The van der Waals surface area contributed by atoms with Crippen LogP contribution < -0.4 is 4.74 Å². The number of benzene rings is 1. The Morgan fingerprint density at radius 1 is 1.20 bits per heavy atom. The molecule has 0 aliphatic carbocycles. The van der Waals surface area contributed by atoms with Crippen molar-refractivity contribution in [1.29, 1.82) is 0 Å². The number of rotatable bonds is 5. The molecule has 0 unspecified atom stereocenters. The molecule has 0 N–H and O–H groups in total. The van der Waals surface area contributed by atoms with Crippen LogP contribution in [0.1, 0.15) is 40.0 Å². The zero-order valence-electron chi connectivity index (χ0n) is 17.9. The number of fused-ring (bicyclic) bond motifs is 4. The van der Waals surface area contributed by atoms with Gasteiger partial charge in [-0.05, 0) is 26.3 Å². The normalized spacial score (nSPS) is 16.8. The second-order valence-corrected chi connectivity index (χ2v) is 8.17. The highest BCUT2D eigenvalue weighted by molar-refractivity contribution is 5.97. The Bertz CT molecular complexity index is 1110. The number of ether oxygens (including phenoxy) is 1. The van der Waals surface area contributed by atoms with Gasteiger partial charge < -0.3 is 14.1 Å². The van der Waals surface area contributed by atoms with Gasteiger partial charge in [0.05, 0.1) is 24.4 Å². The lowest BCUT2D eigenvalue weighted by Crippen LogP contribution is -2.43. The van der Waals surface area contributed by atoms with E-state index in [4.69, 9.17) is 9.15 Å². The minimum absolute atomic E-state index is 0.115. The largest absolute Gasteiger partial charge is 0.490 e. The van der Waals surface area contributed by atoms with Crippen molar-refractivity contribution >= 4 is 16.9 Å². The Hall–Kier alpha value is -2.80. The molecule has 2 aromatic heterocycles. The molecule has 2 aliphatic rings. The van der Waals surface area contributed by atoms with Crippen LogP contribution in [0, 0.1) is 6.92 Å². The van der Waals surface area contributed by atoms with E-state index in [-0.39, 0.29) is 5.91 Å². The first-order valence-electron chi connectivity index (χ1n) is 10.8. The van der Waals surface area contributed by atoms with Gasteiger partial charge in [-0.25, -0.2) is 0 Å². The molecule has 7 nitrogen and oxygen atoms in total. The van der Waals surface area contributed by atoms with Gasteiger partial charge in [-0.1, -0.05) is 12.1 Å². The summed E-state index contributed by atoms with van der Waals surface area (Å²) in [6.07, 6.45) is 1.79. The Morgan fingerprint density at radius 3 is 2.90 bits per heavy atom. The lowest BCUT2D eigenvalue weighted by molar-refractivity contribution is 0.0711. The van der Waals surface area contributed by atoms with Crippen molar-refractivity contribution in [2.24, 2.45) is 7.05 Å². The molecule has 0 bridgehead atoms. The molecule has 4 heterocycles. The number of aryl methyl sites for hydroxylation is 1. The molecule has 7 heteroatoms. The highest BCUT2D eigenvalue weighted by atomic mass is 16.5. The number of aromatic nitrogens is 2. The fourth-order valence-electron chi connectivity index (χ4n) is 4.71. The van der Waals surface area contributed by atoms with Crippen molar-refractivity contribution in [2.75, 3.05) is 32.8 Å². The Balaban J connectivity index is 1.28. The molecule has 0 atom stereocenters. The number of carbonyl (C=O) groups is 1. The van der Waals surface area contributed by atoms with Gasteiger partial charge in [0.25, 0.3) is 5.91 Å². The van der Waals surface area contributed by atoms with E-state index in [1.807, 2.05) is 42.6 Å². The zero-order valence-corrected chi connectivity index (χ0v) is 17.9. The fourth-order valence-corrected chi connectivity index (χ4v) is 4.71. The van der Waals surface area contributed by atoms with E-state index >= 15 is 0 Å². The topological polar surface area (TPSA) is 63.7 Å². The molecular formula is C23H28N4O3. The Labute approximate surface area is 176 Å². The van der Waals surface area contributed by atoms with Crippen LogP contribution in [0.4, 0.5) is 0 Å². The van der Waals surface area contributed by atoms with Crippen LogP contribution in [0.15, 0.2) is 22.6 Å². The summed E-state index contributed by atoms with van der Waals surface area (Å²) >= 11 is 0. The third kappa shape index (κ3) is 3.08. The van der Waals surface area contributed by atoms with Gasteiger partial charge in [0.1, 0.15) is 5.76 Å². The third-order valence-electron chi connectivity index (χ3n) is 6.42. The quantitative estimate of drug-likeness (QED) is 0.650. The van der Waals surface area contributed by atoms with Crippen LogP contribution in [0.3, 0.4) is 0 Å². The second-order valence-electron chi connectivity index (χ2n) is 8.17. The molecule has 0 saturated carbocycles. The predicted octanol–water partition coefficient (Wildman–Crippen LogP) is 2.93. The molecule has 0 fully saturated rings. The molecule has 0 radical (unpaired) electrons. The Kier molecular flexibility index (Phi) is 4.77. The van der Waals surface area contributed by atoms with E-state index in [9.17, 15) is 4.79 Å². The molecule has 3 aromatic rings. The first kappa shape index (κ1) is 19.2. The van der Waals surface area contributed by atoms with Crippen LogP contribution in [-0.4, -0.2) is 58.3 Å². The van der Waals surface area contributed by atoms with Crippen LogP contribution in [0.25, 0.3) is 11.0 Å². The monoisotopic (exact) mass is 408 g/mol. The van der Waals surface area contributed by atoms with Gasteiger partial charge in [-0.2, -0.15) is 5.10 Å². The van der Waals surface area contributed by atoms with Gasteiger partial charge in [0.2, 0.25) is 0 Å². The summed E-state index contributed by atoms with van der Waals surface area (Å²) in [7, 11) is 1.90. The second kappa shape index (κ2) is 7.47. The molecule has 0 saturated heterocycles. The van der Waals surface area contributed by atoms with E-state index in [1.165, 1.54) is 10.9 Å². The molecule has 1 amide bonds. The molecule has 158 valence electrons. The van der Waals surface area contributed by atoms with Crippen molar-refractivity contribution in [2.45, 2.75) is 33.2 Å². The first-order valence-corrected chi connectivity index (χ1v) is 10.8. The number of para-hydroxylation sites is 1. The maximum Gasteiger partial charge on any atom is 0.257 e. The number of nitrogens with zero attached hydrogens (tertiary/aromatic N) is 4. The van der Waals surface area contributed by atoms with Gasteiger partial charge in [-0.15, -0.1) is 0 Å². The van der Waals surface area contributed by atoms with Crippen molar-refractivity contribution in [3.05, 3.63) is 46.5 Å². The maximum atomic E-state index is 13.0. The molecule has 0 spiro atoms. The predicted molar refractivity (Wildman–Crippen MR) is 114 cm³/mol. The summed E-state index contributed by atoms with van der Waals surface area (Å²) in [5.74, 6) is 1.96. The highest BCUT2D eigenvalue weighted by Gasteiger charge is 2.30.